The third-order valence-electron chi connectivity index (χ3n) is 4.08. The second-order valence-electron chi connectivity index (χ2n) is 6.14. The van der Waals surface area contributed by atoms with Crippen LogP contribution < -0.4 is 5.32 Å². The summed E-state index contributed by atoms with van der Waals surface area (Å²) >= 11 is 0. The summed E-state index contributed by atoms with van der Waals surface area (Å²) < 4.78 is 5.25. The summed E-state index contributed by atoms with van der Waals surface area (Å²) in [6.45, 7) is 12.6. The molecule has 1 fully saturated rings. The Balaban J connectivity index is 2.06. The van der Waals surface area contributed by atoms with Gasteiger partial charge in [-0.3, -0.25) is 0 Å². The number of ether oxygens (including phenoxy) is 1. The molecule has 0 saturated carbocycles. The van der Waals surface area contributed by atoms with Crippen molar-refractivity contribution in [2.75, 3.05) is 39.9 Å². The van der Waals surface area contributed by atoms with Crippen LogP contribution in [0.5, 0.6) is 0 Å². The molecule has 1 saturated heterocycles. The molecule has 0 aromatic rings. The van der Waals surface area contributed by atoms with Crippen molar-refractivity contribution in [3.05, 3.63) is 0 Å². The largest absolute Gasteiger partial charge is 0.383 e. The lowest BCUT2D eigenvalue weighted by atomic mass is 9.99. The first-order valence-electron chi connectivity index (χ1n) is 7.58. The Labute approximate surface area is 113 Å². The molecule has 3 nitrogen and oxygen atoms in total. The lowest BCUT2D eigenvalue weighted by Gasteiger charge is -2.30. The molecule has 1 atom stereocenters. The molecule has 1 N–H and O–H groups in total. The van der Waals surface area contributed by atoms with E-state index in [9.17, 15) is 0 Å². The van der Waals surface area contributed by atoms with E-state index < -0.39 is 0 Å². The summed E-state index contributed by atoms with van der Waals surface area (Å²) in [5.74, 6) is 1.58. The highest BCUT2D eigenvalue weighted by Crippen LogP contribution is 2.15. The molecule has 18 heavy (non-hydrogen) atoms. The first kappa shape index (κ1) is 15.9. The van der Waals surface area contributed by atoms with Crippen LogP contribution in [0.25, 0.3) is 0 Å². The number of hydrogen-bond acceptors (Lipinski definition) is 3. The Kier molecular flexibility index (Phi) is 7.87. The van der Waals surface area contributed by atoms with Gasteiger partial charge >= 0.3 is 0 Å². The van der Waals surface area contributed by atoms with Gasteiger partial charge in [-0.1, -0.05) is 20.8 Å². The van der Waals surface area contributed by atoms with Crippen molar-refractivity contribution in [1.29, 1.82) is 0 Å². The molecule has 1 rings (SSSR count). The summed E-state index contributed by atoms with van der Waals surface area (Å²) in [6, 6.07) is 0.497. The average Bonchev–Trinajstić information content (AvgIpc) is 2.35. The third-order valence-corrected chi connectivity index (χ3v) is 4.08. The summed E-state index contributed by atoms with van der Waals surface area (Å²) in [4.78, 5) is 2.61. The minimum atomic E-state index is 0.497. The summed E-state index contributed by atoms with van der Waals surface area (Å²) in [5.41, 5.74) is 0. The third kappa shape index (κ3) is 6.17. The minimum Gasteiger partial charge on any atom is -0.383 e. The first-order chi connectivity index (χ1) is 8.63. The molecule has 0 aromatic carbocycles. The van der Waals surface area contributed by atoms with E-state index in [0.717, 1.165) is 19.1 Å². The van der Waals surface area contributed by atoms with Crippen molar-refractivity contribution in [1.82, 2.24) is 10.2 Å². The molecular formula is C15H32N2O. The number of methoxy groups -OCH3 is 1. The van der Waals surface area contributed by atoms with E-state index in [0.29, 0.717) is 12.0 Å². The lowest BCUT2D eigenvalue weighted by Crippen LogP contribution is -2.40. The molecule has 0 amide bonds. The van der Waals surface area contributed by atoms with Crippen LogP contribution in [-0.2, 0) is 4.74 Å². The fraction of sp³-hybridized carbons (Fsp3) is 1.00. The Morgan fingerprint density at radius 1 is 1.28 bits per heavy atom. The molecule has 1 heterocycles. The van der Waals surface area contributed by atoms with E-state index in [1.807, 2.05) is 0 Å². The van der Waals surface area contributed by atoms with E-state index >= 15 is 0 Å². The van der Waals surface area contributed by atoms with Crippen LogP contribution >= 0.6 is 0 Å². The maximum Gasteiger partial charge on any atom is 0.0618 e. The quantitative estimate of drug-likeness (QED) is 0.675. The van der Waals surface area contributed by atoms with Crippen molar-refractivity contribution in [3.8, 4) is 0 Å². The normalized spacial score (nSPS) is 20.5. The highest BCUT2D eigenvalue weighted by atomic mass is 16.5. The van der Waals surface area contributed by atoms with Gasteiger partial charge in [0.1, 0.15) is 0 Å². The minimum absolute atomic E-state index is 0.497. The molecule has 108 valence electrons. The molecule has 1 aliphatic heterocycles. The average molecular weight is 256 g/mol. The zero-order chi connectivity index (χ0) is 13.4. The van der Waals surface area contributed by atoms with Crippen molar-refractivity contribution in [2.24, 2.45) is 11.8 Å². The van der Waals surface area contributed by atoms with Crippen molar-refractivity contribution < 1.29 is 4.74 Å². The van der Waals surface area contributed by atoms with Gasteiger partial charge in [0, 0.05) is 13.2 Å². The molecule has 0 bridgehead atoms. The van der Waals surface area contributed by atoms with Gasteiger partial charge in [0.05, 0.1) is 6.61 Å². The van der Waals surface area contributed by atoms with Crippen LogP contribution in [0, 0.1) is 11.8 Å². The number of rotatable bonds is 8. The lowest BCUT2D eigenvalue weighted by molar-refractivity contribution is 0.144. The van der Waals surface area contributed by atoms with Crippen molar-refractivity contribution >= 4 is 0 Å². The predicted octanol–water partition coefficient (Wildman–Crippen LogP) is 2.37. The molecular weight excluding hydrogens is 224 g/mol. The second-order valence-corrected chi connectivity index (χ2v) is 6.14. The molecule has 0 radical (unpaired) electrons. The Morgan fingerprint density at radius 3 is 2.50 bits per heavy atom. The number of nitrogens with one attached hydrogen (secondary N) is 1. The summed E-state index contributed by atoms with van der Waals surface area (Å²) in [5, 5.41) is 3.62. The maximum atomic E-state index is 5.25. The van der Waals surface area contributed by atoms with Gasteiger partial charge in [-0.05, 0) is 57.3 Å². The van der Waals surface area contributed by atoms with Gasteiger partial charge in [0.25, 0.3) is 0 Å². The number of hydrogen-bond donors (Lipinski definition) is 1. The molecule has 1 aliphatic rings. The van der Waals surface area contributed by atoms with Crippen LogP contribution in [-0.4, -0.2) is 50.8 Å². The standard InChI is InChI=1S/C15H32N2O/c1-13(2)15(12-18-4)16-8-5-9-17-10-6-14(3)7-11-17/h13-16H,5-12H2,1-4H3. The van der Waals surface area contributed by atoms with Gasteiger partial charge in [0.15, 0.2) is 0 Å². The van der Waals surface area contributed by atoms with E-state index in [2.05, 4.69) is 31.0 Å². The van der Waals surface area contributed by atoms with Gasteiger partial charge in [-0.25, -0.2) is 0 Å². The van der Waals surface area contributed by atoms with Crippen LogP contribution in [0.15, 0.2) is 0 Å². The predicted molar refractivity (Wildman–Crippen MR) is 78.0 cm³/mol. The van der Waals surface area contributed by atoms with Crippen molar-refractivity contribution in [3.63, 3.8) is 0 Å². The zero-order valence-electron chi connectivity index (χ0n) is 12.7. The second kappa shape index (κ2) is 8.89. The number of piperidine rings is 1. The topological polar surface area (TPSA) is 24.5 Å². The Morgan fingerprint density at radius 2 is 1.94 bits per heavy atom. The molecule has 0 aromatic heterocycles. The monoisotopic (exact) mass is 256 g/mol. The van der Waals surface area contributed by atoms with E-state index in [1.54, 1.807) is 7.11 Å². The number of nitrogens with zero attached hydrogens (tertiary/aromatic N) is 1. The van der Waals surface area contributed by atoms with Crippen LogP contribution in [0.2, 0.25) is 0 Å². The SMILES string of the molecule is COCC(NCCCN1CCC(C)CC1)C(C)C. The van der Waals surface area contributed by atoms with Crippen molar-refractivity contribution in [2.45, 2.75) is 46.1 Å². The fourth-order valence-electron chi connectivity index (χ4n) is 2.54. The van der Waals surface area contributed by atoms with E-state index in [4.69, 9.17) is 4.74 Å². The van der Waals surface area contributed by atoms with E-state index in [1.165, 1.54) is 38.9 Å². The Bertz CT molecular complexity index is 201. The fourth-order valence-corrected chi connectivity index (χ4v) is 2.54. The summed E-state index contributed by atoms with van der Waals surface area (Å²) in [6.07, 6.45) is 4.01. The van der Waals surface area contributed by atoms with E-state index in [-0.39, 0.29) is 0 Å². The molecule has 3 heteroatoms. The maximum absolute atomic E-state index is 5.25. The highest BCUT2D eigenvalue weighted by Gasteiger charge is 2.15. The Hall–Kier alpha value is -0.120. The van der Waals surface area contributed by atoms with Gasteiger partial charge in [0.2, 0.25) is 0 Å². The molecule has 0 aliphatic carbocycles. The van der Waals surface area contributed by atoms with Gasteiger partial charge < -0.3 is 15.0 Å². The van der Waals surface area contributed by atoms with Crippen LogP contribution in [0.4, 0.5) is 0 Å². The summed E-state index contributed by atoms with van der Waals surface area (Å²) in [7, 11) is 1.78. The van der Waals surface area contributed by atoms with Crippen LogP contribution in [0.1, 0.15) is 40.0 Å². The number of likely N-dealkylation sites (tertiary alicyclic amines) is 1. The smallest absolute Gasteiger partial charge is 0.0618 e. The van der Waals surface area contributed by atoms with Gasteiger partial charge in [-0.15, -0.1) is 0 Å². The first-order valence-corrected chi connectivity index (χ1v) is 7.58. The van der Waals surface area contributed by atoms with Crippen LogP contribution in [0.3, 0.4) is 0 Å². The highest BCUT2D eigenvalue weighted by molar-refractivity contribution is 4.72. The van der Waals surface area contributed by atoms with Gasteiger partial charge in [-0.2, -0.15) is 0 Å². The molecule has 0 spiro atoms. The molecule has 1 unspecified atom stereocenters. The zero-order valence-corrected chi connectivity index (χ0v) is 12.7.